The van der Waals surface area contributed by atoms with Crippen LogP contribution in [0, 0.1) is 0 Å². The standard InChI is InChI=1S/C14H12O2.C9H10O/c15-13(11-7-3-1-4-8-11)14(16)12-9-5-2-6-10-12;1-8(10)7-9-5-3-2-4-6-9/h1-10,13,15H;2-6H,7H2,1H3. The van der Waals surface area contributed by atoms with E-state index in [-0.39, 0.29) is 11.6 Å². The molecule has 0 bridgehead atoms. The fraction of sp³-hybridized carbons (Fsp3) is 0.130. The molecular formula is C23H22O3. The number of aliphatic hydroxyl groups excluding tert-OH is 1. The van der Waals surface area contributed by atoms with Crippen LogP contribution in [0.3, 0.4) is 0 Å². The van der Waals surface area contributed by atoms with Gasteiger partial charge in [-0.1, -0.05) is 91.0 Å². The van der Waals surface area contributed by atoms with E-state index in [1.165, 1.54) is 0 Å². The molecule has 1 atom stereocenters. The number of rotatable bonds is 5. The Balaban J connectivity index is 0.000000209. The van der Waals surface area contributed by atoms with Crippen molar-refractivity contribution in [2.24, 2.45) is 0 Å². The van der Waals surface area contributed by atoms with Crippen molar-refractivity contribution in [2.45, 2.75) is 19.4 Å². The Morgan fingerprint density at radius 2 is 1.23 bits per heavy atom. The molecule has 3 aromatic carbocycles. The van der Waals surface area contributed by atoms with Gasteiger partial charge in [-0.15, -0.1) is 0 Å². The maximum Gasteiger partial charge on any atom is 0.195 e. The molecule has 0 heterocycles. The lowest BCUT2D eigenvalue weighted by atomic mass is 10.0. The van der Waals surface area contributed by atoms with Gasteiger partial charge in [0.15, 0.2) is 5.78 Å². The van der Waals surface area contributed by atoms with Gasteiger partial charge >= 0.3 is 0 Å². The molecule has 3 rings (SSSR count). The predicted octanol–water partition coefficient (Wildman–Crippen LogP) is 4.42. The van der Waals surface area contributed by atoms with E-state index in [1.807, 2.05) is 42.5 Å². The smallest absolute Gasteiger partial charge is 0.195 e. The molecule has 0 radical (unpaired) electrons. The fourth-order valence-electron chi connectivity index (χ4n) is 2.43. The SMILES string of the molecule is CC(=O)Cc1ccccc1.O=C(c1ccccc1)C(O)c1ccccc1. The Morgan fingerprint density at radius 1 is 0.769 bits per heavy atom. The highest BCUT2D eigenvalue weighted by atomic mass is 16.3. The summed E-state index contributed by atoms with van der Waals surface area (Å²) < 4.78 is 0. The van der Waals surface area contributed by atoms with Gasteiger partial charge < -0.3 is 5.11 Å². The molecule has 26 heavy (non-hydrogen) atoms. The topological polar surface area (TPSA) is 54.4 Å². The molecule has 0 aliphatic heterocycles. The summed E-state index contributed by atoms with van der Waals surface area (Å²) in [5.74, 6) is -0.0574. The van der Waals surface area contributed by atoms with E-state index in [0.29, 0.717) is 17.5 Å². The first-order valence-corrected chi connectivity index (χ1v) is 8.43. The largest absolute Gasteiger partial charge is 0.380 e. The summed E-state index contributed by atoms with van der Waals surface area (Å²) >= 11 is 0. The van der Waals surface area contributed by atoms with Crippen LogP contribution in [0.25, 0.3) is 0 Å². The first-order chi connectivity index (χ1) is 12.6. The molecule has 3 aromatic rings. The molecule has 0 saturated carbocycles. The van der Waals surface area contributed by atoms with Crippen molar-refractivity contribution in [1.82, 2.24) is 0 Å². The number of hydrogen-bond donors (Lipinski definition) is 1. The highest BCUT2D eigenvalue weighted by molar-refractivity contribution is 5.99. The number of ketones is 2. The van der Waals surface area contributed by atoms with Crippen LogP contribution in [0.1, 0.15) is 34.5 Å². The Kier molecular flexibility index (Phi) is 7.47. The summed E-state index contributed by atoms with van der Waals surface area (Å²) in [5.41, 5.74) is 2.24. The second kappa shape index (κ2) is 10.1. The first-order valence-electron chi connectivity index (χ1n) is 8.43. The third kappa shape index (κ3) is 6.11. The number of hydrogen-bond acceptors (Lipinski definition) is 3. The summed E-state index contributed by atoms with van der Waals surface area (Å²) in [6, 6.07) is 27.5. The van der Waals surface area contributed by atoms with Crippen LogP contribution in [0.2, 0.25) is 0 Å². The monoisotopic (exact) mass is 346 g/mol. The summed E-state index contributed by atoms with van der Waals surface area (Å²) in [6.07, 6.45) is -0.524. The van der Waals surface area contributed by atoms with Crippen LogP contribution in [0.5, 0.6) is 0 Å². The summed E-state index contributed by atoms with van der Waals surface area (Å²) in [5, 5.41) is 9.89. The second-order valence-corrected chi connectivity index (χ2v) is 5.91. The molecule has 0 spiro atoms. The molecule has 0 aromatic heterocycles. The van der Waals surface area contributed by atoms with E-state index in [9.17, 15) is 14.7 Å². The van der Waals surface area contributed by atoms with Gasteiger partial charge in [-0.2, -0.15) is 0 Å². The molecular weight excluding hydrogens is 324 g/mol. The van der Waals surface area contributed by atoms with Crippen molar-refractivity contribution in [3.8, 4) is 0 Å². The van der Waals surface area contributed by atoms with Crippen LogP contribution < -0.4 is 0 Å². The van der Waals surface area contributed by atoms with E-state index in [0.717, 1.165) is 5.56 Å². The minimum Gasteiger partial charge on any atom is -0.380 e. The lowest BCUT2D eigenvalue weighted by molar-refractivity contribution is -0.116. The Morgan fingerprint density at radius 3 is 1.73 bits per heavy atom. The molecule has 3 nitrogen and oxygen atoms in total. The minimum absolute atomic E-state index is 0.214. The van der Waals surface area contributed by atoms with E-state index in [1.54, 1.807) is 55.5 Å². The predicted molar refractivity (Wildman–Crippen MR) is 103 cm³/mol. The van der Waals surface area contributed by atoms with E-state index in [2.05, 4.69) is 0 Å². The first kappa shape index (κ1) is 19.3. The van der Waals surface area contributed by atoms with Crippen molar-refractivity contribution in [3.05, 3.63) is 108 Å². The average Bonchev–Trinajstić information content (AvgIpc) is 2.69. The normalized spacial score (nSPS) is 11.0. The van der Waals surface area contributed by atoms with Crippen LogP contribution >= 0.6 is 0 Å². The molecule has 1 N–H and O–H groups in total. The van der Waals surface area contributed by atoms with Crippen molar-refractivity contribution >= 4 is 11.6 Å². The van der Waals surface area contributed by atoms with E-state index < -0.39 is 6.10 Å². The third-order valence-corrected chi connectivity index (χ3v) is 3.72. The zero-order chi connectivity index (χ0) is 18.8. The average molecular weight is 346 g/mol. The number of benzene rings is 3. The van der Waals surface area contributed by atoms with Crippen LogP contribution in [-0.2, 0) is 11.2 Å². The van der Waals surface area contributed by atoms with Gasteiger partial charge in [0.05, 0.1) is 0 Å². The van der Waals surface area contributed by atoms with E-state index >= 15 is 0 Å². The van der Waals surface area contributed by atoms with Gasteiger partial charge in [0.2, 0.25) is 0 Å². The van der Waals surface area contributed by atoms with E-state index in [4.69, 9.17) is 0 Å². The number of carbonyl (C=O) groups is 2. The Bertz CT molecular complexity index is 812. The molecule has 0 saturated heterocycles. The Labute approximate surface area is 153 Å². The van der Waals surface area contributed by atoms with Gasteiger partial charge in [-0.3, -0.25) is 9.59 Å². The molecule has 0 aliphatic rings. The van der Waals surface area contributed by atoms with Gasteiger partial charge in [-0.25, -0.2) is 0 Å². The van der Waals surface area contributed by atoms with Crippen molar-refractivity contribution in [2.75, 3.05) is 0 Å². The molecule has 1 unspecified atom stereocenters. The van der Waals surface area contributed by atoms with Crippen LogP contribution in [-0.4, -0.2) is 16.7 Å². The fourth-order valence-corrected chi connectivity index (χ4v) is 2.43. The summed E-state index contributed by atoms with van der Waals surface area (Å²) in [6.45, 7) is 1.60. The number of Topliss-reactive ketones (excluding diaryl/α,β-unsaturated/α-hetero) is 2. The van der Waals surface area contributed by atoms with Crippen LogP contribution in [0.15, 0.2) is 91.0 Å². The lowest BCUT2D eigenvalue weighted by Crippen LogP contribution is -2.11. The third-order valence-electron chi connectivity index (χ3n) is 3.72. The summed E-state index contributed by atoms with van der Waals surface area (Å²) in [7, 11) is 0. The molecule has 0 fully saturated rings. The number of aliphatic hydroxyl groups is 1. The van der Waals surface area contributed by atoms with Crippen molar-refractivity contribution in [3.63, 3.8) is 0 Å². The maximum absolute atomic E-state index is 11.9. The van der Waals surface area contributed by atoms with Gasteiger partial charge in [0, 0.05) is 12.0 Å². The van der Waals surface area contributed by atoms with Gasteiger partial charge in [0.1, 0.15) is 11.9 Å². The zero-order valence-electron chi connectivity index (χ0n) is 14.7. The number of carbonyl (C=O) groups excluding carboxylic acids is 2. The second-order valence-electron chi connectivity index (χ2n) is 5.91. The molecule has 3 heteroatoms. The van der Waals surface area contributed by atoms with Crippen molar-refractivity contribution in [1.29, 1.82) is 0 Å². The molecule has 0 aliphatic carbocycles. The van der Waals surface area contributed by atoms with Crippen LogP contribution in [0.4, 0.5) is 0 Å². The lowest BCUT2D eigenvalue weighted by Gasteiger charge is -2.09. The zero-order valence-corrected chi connectivity index (χ0v) is 14.7. The summed E-state index contributed by atoms with van der Waals surface area (Å²) in [4.78, 5) is 22.5. The van der Waals surface area contributed by atoms with Gasteiger partial charge in [0.25, 0.3) is 0 Å². The highest BCUT2D eigenvalue weighted by Gasteiger charge is 2.18. The molecule has 0 amide bonds. The van der Waals surface area contributed by atoms with Crippen molar-refractivity contribution < 1.29 is 14.7 Å². The van der Waals surface area contributed by atoms with Gasteiger partial charge in [-0.05, 0) is 18.1 Å². The minimum atomic E-state index is -1.08. The highest BCUT2D eigenvalue weighted by Crippen LogP contribution is 2.17. The molecule has 132 valence electrons. The Hall–Kier alpha value is -3.04. The quantitative estimate of drug-likeness (QED) is 0.696. The maximum atomic E-state index is 11.9.